The lowest BCUT2D eigenvalue weighted by Crippen LogP contribution is -2.44. The summed E-state index contributed by atoms with van der Waals surface area (Å²) in [6.07, 6.45) is 2.34. The van der Waals surface area contributed by atoms with Crippen molar-refractivity contribution in [3.63, 3.8) is 0 Å². The average Bonchev–Trinajstić information content (AvgIpc) is 3.08. The highest BCUT2D eigenvalue weighted by atomic mass is 32.2. The van der Waals surface area contributed by atoms with Crippen LogP contribution in [-0.4, -0.2) is 48.9 Å². The molecule has 1 aliphatic heterocycles. The van der Waals surface area contributed by atoms with Crippen LogP contribution in [0.1, 0.15) is 29.3 Å². The van der Waals surface area contributed by atoms with Crippen LogP contribution in [0.4, 0.5) is 10.5 Å². The second-order valence-corrected chi connectivity index (χ2v) is 8.60. The molecular formula is C23H26N4O5S. The van der Waals surface area contributed by atoms with Crippen LogP contribution in [0, 0.1) is 0 Å². The molecule has 0 aliphatic carbocycles. The summed E-state index contributed by atoms with van der Waals surface area (Å²) in [5.41, 5.74) is 0.0457. The third-order valence-corrected chi connectivity index (χ3v) is 5.98. The zero-order valence-corrected chi connectivity index (χ0v) is 19.4. The molecule has 1 aliphatic rings. The highest BCUT2D eigenvalue weighted by molar-refractivity contribution is 7.98. The molecule has 0 bridgehead atoms. The molecular weight excluding hydrogens is 444 g/mol. The number of hydrogen-bond donors (Lipinski definition) is 4. The summed E-state index contributed by atoms with van der Waals surface area (Å²) in [5.74, 6) is -0.209. The fourth-order valence-electron chi connectivity index (χ4n) is 3.46. The van der Waals surface area contributed by atoms with E-state index in [0.717, 1.165) is 0 Å². The Hall–Kier alpha value is -3.53. The van der Waals surface area contributed by atoms with Gasteiger partial charge in [0.1, 0.15) is 17.3 Å². The molecule has 2 aromatic rings. The molecule has 9 nitrogen and oxygen atoms in total. The number of methoxy groups -OCH3 is 1. The van der Waals surface area contributed by atoms with Gasteiger partial charge in [-0.05, 0) is 55.2 Å². The van der Waals surface area contributed by atoms with Crippen molar-refractivity contribution >= 4 is 41.2 Å². The first-order valence-electron chi connectivity index (χ1n) is 10.3. The molecule has 2 aromatic carbocycles. The maximum absolute atomic E-state index is 13.1. The number of amides is 5. The number of urea groups is 1. The third kappa shape index (κ3) is 5.46. The van der Waals surface area contributed by atoms with Gasteiger partial charge in [0.25, 0.3) is 11.8 Å². The van der Waals surface area contributed by atoms with Crippen molar-refractivity contribution in [3.8, 4) is 5.75 Å². The molecule has 5 amide bonds. The predicted molar refractivity (Wildman–Crippen MR) is 126 cm³/mol. The van der Waals surface area contributed by atoms with Gasteiger partial charge in [-0.1, -0.05) is 24.3 Å². The monoisotopic (exact) mass is 470 g/mol. The Morgan fingerprint density at radius 1 is 1.15 bits per heavy atom. The van der Waals surface area contributed by atoms with Crippen LogP contribution < -0.4 is 26.0 Å². The largest absolute Gasteiger partial charge is 0.496 e. The van der Waals surface area contributed by atoms with E-state index < -0.39 is 35.3 Å². The standard InChI is InChI=1S/C23H26N4O5S/c1-23(21(30)26-22(31)27-23)14-7-6-8-15(13-14)24-20(29)17(11-12-33-3)25-19(28)16-9-4-5-10-18(16)32-2/h4-10,13,17H,11-12H2,1-3H3,(H,24,29)(H,25,28)(H2,26,27,30,31). The smallest absolute Gasteiger partial charge is 0.322 e. The van der Waals surface area contributed by atoms with E-state index >= 15 is 0 Å². The van der Waals surface area contributed by atoms with Gasteiger partial charge in [-0.15, -0.1) is 0 Å². The molecule has 2 unspecified atom stereocenters. The highest BCUT2D eigenvalue weighted by Crippen LogP contribution is 2.26. The predicted octanol–water partition coefficient (Wildman–Crippen LogP) is 2.24. The lowest BCUT2D eigenvalue weighted by atomic mass is 9.92. The third-order valence-electron chi connectivity index (χ3n) is 5.34. The van der Waals surface area contributed by atoms with Gasteiger partial charge in [0, 0.05) is 5.69 Å². The Morgan fingerprint density at radius 3 is 2.58 bits per heavy atom. The maximum Gasteiger partial charge on any atom is 0.322 e. The van der Waals surface area contributed by atoms with Crippen molar-refractivity contribution in [2.75, 3.05) is 24.4 Å². The Kier molecular flexibility index (Phi) is 7.59. The molecule has 1 saturated heterocycles. The van der Waals surface area contributed by atoms with Crippen LogP contribution >= 0.6 is 11.8 Å². The number of rotatable bonds is 9. The van der Waals surface area contributed by atoms with Crippen molar-refractivity contribution in [2.45, 2.75) is 24.9 Å². The van der Waals surface area contributed by atoms with Crippen LogP contribution in [0.3, 0.4) is 0 Å². The number of thioether (sulfide) groups is 1. The van der Waals surface area contributed by atoms with Crippen molar-refractivity contribution in [2.24, 2.45) is 0 Å². The molecule has 2 atom stereocenters. The number of nitrogens with one attached hydrogen (secondary N) is 4. The second kappa shape index (κ2) is 10.4. The normalized spacial score (nSPS) is 18.2. The summed E-state index contributed by atoms with van der Waals surface area (Å²) < 4.78 is 5.24. The first-order valence-corrected chi connectivity index (χ1v) is 11.7. The van der Waals surface area contributed by atoms with Crippen LogP contribution in [0.25, 0.3) is 0 Å². The molecule has 10 heteroatoms. The van der Waals surface area contributed by atoms with Gasteiger partial charge >= 0.3 is 6.03 Å². The molecule has 0 spiro atoms. The van der Waals surface area contributed by atoms with E-state index in [1.807, 2.05) is 6.26 Å². The number of para-hydroxylation sites is 1. The van der Waals surface area contributed by atoms with E-state index in [0.29, 0.717) is 34.7 Å². The number of carbonyl (C=O) groups excluding carboxylic acids is 4. The summed E-state index contributed by atoms with van der Waals surface area (Å²) >= 11 is 1.56. The minimum absolute atomic E-state index is 0.333. The average molecular weight is 471 g/mol. The van der Waals surface area contributed by atoms with E-state index in [9.17, 15) is 19.2 Å². The quantitative estimate of drug-likeness (QED) is 0.417. The van der Waals surface area contributed by atoms with Crippen LogP contribution in [0.5, 0.6) is 5.75 Å². The van der Waals surface area contributed by atoms with Crippen LogP contribution in [0.2, 0.25) is 0 Å². The topological polar surface area (TPSA) is 126 Å². The van der Waals surface area contributed by atoms with Crippen LogP contribution in [-0.2, 0) is 15.1 Å². The van der Waals surface area contributed by atoms with E-state index in [2.05, 4.69) is 21.3 Å². The minimum Gasteiger partial charge on any atom is -0.496 e. The van der Waals surface area contributed by atoms with Crippen molar-refractivity contribution in [3.05, 3.63) is 59.7 Å². The Labute approximate surface area is 196 Å². The van der Waals surface area contributed by atoms with Gasteiger partial charge in [-0.2, -0.15) is 11.8 Å². The van der Waals surface area contributed by atoms with E-state index in [1.165, 1.54) is 7.11 Å². The molecule has 1 fully saturated rings. The molecule has 0 aromatic heterocycles. The lowest BCUT2D eigenvalue weighted by molar-refractivity contribution is -0.123. The Balaban J connectivity index is 1.77. The van der Waals surface area contributed by atoms with Crippen molar-refractivity contribution in [1.29, 1.82) is 0 Å². The Morgan fingerprint density at radius 2 is 1.91 bits per heavy atom. The van der Waals surface area contributed by atoms with Gasteiger partial charge in [0.2, 0.25) is 5.91 Å². The minimum atomic E-state index is -1.24. The van der Waals surface area contributed by atoms with Crippen molar-refractivity contribution in [1.82, 2.24) is 16.0 Å². The molecule has 0 saturated carbocycles. The fourth-order valence-corrected chi connectivity index (χ4v) is 3.93. The van der Waals surface area contributed by atoms with E-state index in [-0.39, 0.29) is 0 Å². The summed E-state index contributed by atoms with van der Waals surface area (Å²) in [4.78, 5) is 49.7. The van der Waals surface area contributed by atoms with Gasteiger partial charge < -0.3 is 20.7 Å². The summed E-state index contributed by atoms with van der Waals surface area (Å²) in [6.45, 7) is 1.59. The molecule has 0 radical (unpaired) electrons. The molecule has 1 heterocycles. The summed E-state index contributed by atoms with van der Waals surface area (Å²) in [6, 6.07) is 12.1. The first kappa shape index (κ1) is 24.1. The number of carbonyl (C=O) groups is 4. The summed E-state index contributed by atoms with van der Waals surface area (Å²) in [5, 5.41) is 10.4. The van der Waals surface area contributed by atoms with Crippen LogP contribution in [0.15, 0.2) is 48.5 Å². The van der Waals surface area contributed by atoms with Gasteiger partial charge in [0.15, 0.2) is 0 Å². The van der Waals surface area contributed by atoms with Crippen molar-refractivity contribution < 1.29 is 23.9 Å². The first-order chi connectivity index (χ1) is 15.8. The van der Waals surface area contributed by atoms with Gasteiger partial charge in [-0.3, -0.25) is 19.7 Å². The number of benzene rings is 2. The van der Waals surface area contributed by atoms with Gasteiger partial charge in [-0.25, -0.2) is 4.79 Å². The number of hydrogen-bond acceptors (Lipinski definition) is 6. The lowest BCUT2D eigenvalue weighted by Gasteiger charge is -2.22. The summed E-state index contributed by atoms with van der Waals surface area (Å²) in [7, 11) is 1.48. The van der Waals surface area contributed by atoms with Gasteiger partial charge in [0.05, 0.1) is 12.7 Å². The molecule has 33 heavy (non-hydrogen) atoms. The van der Waals surface area contributed by atoms with E-state index in [1.54, 1.807) is 67.2 Å². The SMILES string of the molecule is COc1ccccc1C(=O)NC(CCSC)C(=O)Nc1cccc(C2(C)NC(=O)NC2=O)c1. The number of imide groups is 1. The Bertz CT molecular complexity index is 1080. The zero-order chi connectivity index (χ0) is 24.0. The number of ether oxygens (including phenoxy) is 1. The number of anilines is 1. The fraction of sp³-hybridized carbons (Fsp3) is 0.304. The highest BCUT2D eigenvalue weighted by Gasteiger charge is 2.43. The maximum atomic E-state index is 13.1. The zero-order valence-electron chi connectivity index (χ0n) is 18.6. The molecule has 4 N–H and O–H groups in total. The van der Waals surface area contributed by atoms with E-state index in [4.69, 9.17) is 4.74 Å². The molecule has 174 valence electrons. The molecule has 3 rings (SSSR count). The second-order valence-electron chi connectivity index (χ2n) is 7.61.